The van der Waals surface area contributed by atoms with Crippen LogP contribution in [0.25, 0.3) is 0 Å². The zero-order valence-corrected chi connectivity index (χ0v) is 10.8. The summed E-state index contributed by atoms with van der Waals surface area (Å²) >= 11 is 1.45. The SMILES string of the molecule is C=CCCCCCC(N)c1snnc1CC. The van der Waals surface area contributed by atoms with Gasteiger partial charge in [-0.25, -0.2) is 0 Å². The van der Waals surface area contributed by atoms with Crippen LogP contribution >= 0.6 is 11.5 Å². The molecule has 1 atom stereocenters. The normalized spacial score (nSPS) is 12.6. The van der Waals surface area contributed by atoms with Gasteiger partial charge in [-0.1, -0.05) is 30.3 Å². The fourth-order valence-corrected chi connectivity index (χ4v) is 2.47. The molecule has 16 heavy (non-hydrogen) atoms. The first-order valence-corrected chi connectivity index (χ1v) is 6.74. The molecule has 1 aromatic heterocycles. The number of hydrogen-bond donors (Lipinski definition) is 1. The molecule has 0 saturated carbocycles. The lowest BCUT2D eigenvalue weighted by Crippen LogP contribution is -2.10. The Morgan fingerprint density at radius 1 is 1.44 bits per heavy atom. The van der Waals surface area contributed by atoms with E-state index in [1.165, 1.54) is 35.7 Å². The molecule has 0 aliphatic heterocycles. The van der Waals surface area contributed by atoms with Gasteiger partial charge in [-0.15, -0.1) is 11.7 Å². The molecule has 0 saturated heterocycles. The van der Waals surface area contributed by atoms with Crippen molar-refractivity contribution >= 4 is 11.5 Å². The number of nitrogens with two attached hydrogens (primary N) is 1. The summed E-state index contributed by atoms with van der Waals surface area (Å²) in [7, 11) is 0. The molecule has 0 radical (unpaired) electrons. The number of unbranched alkanes of at least 4 members (excludes halogenated alkanes) is 3. The second-order valence-electron chi connectivity index (χ2n) is 3.97. The predicted octanol–water partition coefficient (Wildman–Crippen LogP) is 3.24. The lowest BCUT2D eigenvalue weighted by molar-refractivity contribution is 0.574. The molecule has 1 aromatic rings. The largest absolute Gasteiger partial charge is 0.323 e. The van der Waals surface area contributed by atoms with Crippen LogP contribution in [0.3, 0.4) is 0 Å². The van der Waals surface area contributed by atoms with Gasteiger partial charge in [0.15, 0.2) is 0 Å². The quantitative estimate of drug-likeness (QED) is 0.559. The molecule has 1 rings (SSSR count). The van der Waals surface area contributed by atoms with Gasteiger partial charge in [-0.3, -0.25) is 0 Å². The zero-order valence-electron chi connectivity index (χ0n) is 9.98. The molecule has 0 aliphatic rings. The van der Waals surface area contributed by atoms with E-state index in [0.717, 1.165) is 25.0 Å². The first-order valence-electron chi connectivity index (χ1n) is 5.97. The first kappa shape index (κ1) is 13.3. The van der Waals surface area contributed by atoms with Crippen molar-refractivity contribution in [1.29, 1.82) is 0 Å². The second kappa shape index (κ2) is 7.52. The third-order valence-electron chi connectivity index (χ3n) is 2.68. The number of nitrogens with zero attached hydrogens (tertiary/aromatic N) is 2. The minimum atomic E-state index is 0.124. The lowest BCUT2D eigenvalue weighted by atomic mass is 10.1. The number of allylic oxidation sites excluding steroid dienone is 1. The summed E-state index contributed by atoms with van der Waals surface area (Å²) in [5.74, 6) is 0. The Hall–Kier alpha value is -0.740. The summed E-state index contributed by atoms with van der Waals surface area (Å²) < 4.78 is 3.97. The summed E-state index contributed by atoms with van der Waals surface area (Å²) in [5.41, 5.74) is 7.21. The summed E-state index contributed by atoms with van der Waals surface area (Å²) in [4.78, 5) is 1.17. The van der Waals surface area contributed by atoms with Crippen LogP contribution in [0.4, 0.5) is 0 Å². The van der Waals surface area contributed by atoms with Gasteiger partial charge in [0.2, 0.25) is 0 Å². The Morgan fingerprint density at radius 3 is 2.94 bits per heavy atom. The van der Waals surface area contributed by atoms with Crippen molar-refractivity contribution in [3.05, 3.63) is 23.2 Å². The molecule has 90 valence electrons. The molecule has 0 aliphatic carbocycles. The molecule has 1 heterocycles. The number of hydrogen-bond acceptors (Lipinski definition) is 4. The molecule has 0 fully saturated rings. The van der Waals surface area contributed by atoms with Crippen LogP contribution < -0.4 is 5.73 Å². The first-order chi connectivity index (χ1) is 7.79. The minimum Gasteiger partial charge on any atom is -0.323 e. The second-order valence-corrected chi connectivity index (χ2v) is 4.76. The standard InChI is InChI=1S/C12H21N3S/c1-3-5-6-7-8-9-10(13)12-11(4-2)14-15-16-12/h3,10H,1,4-9,13H2,2H3. The van der Waals surface area contributed by atoms with Crippen LogP contribution in [0, 0.1) is 0 Å². The highest BCUT2D eigenvalue weighted by molar-refractivity contribution is 7.05. The molecular formula is C12H21N3S. The van der Waals surface area contributed by atoms with E-state index in [2.05, 4.69) is 23.1 Å². The van der Waals surface area contributed by atoms with Crippen molar-refractivity contribution in [3.63, 3.8) is 0 Å². The summed E-state index contributed by atoms with van der Waals surface area (Å²) in [6, 6.07) is 0.124. The monoisotopic (exact) mass is 239 g/mol. The molecular weight excluding hydrogens is 218 g/mol. The molecule has 0 amide bonds. The van der Waals surface area contributed by atoms with E-state index in [1.807, 2.05) is 6.08 Å². The Bertz CT molecular complexity index is 309. The van der Waals surface area contributed by atoms with E-state index < -0.39 is 0 Å². The van der Waals surface area contributed by atoms with Gasteiger partial charge < -0.3 is 5.73 Å². The molecule has 1 unspecified atom stereocenters. The Kier molecular flexibility index (Phi) is 6.26. The van der Waals surface area contributed by atoms with E-state index in [1.54, 1.807) is 0 Å². The van der Waals surface area contributed by atoms with Crippen molar-refractivity contribution < 1.29 is 0 Å². The Balaban J connectivity index is 2.29. The lowest BCUT2D eigenvalue weighted by Gasteiger charge is -2.09. The average Bonchev–Trinajstić information content (AvgIpc) is 2.76. The van der Waals surface area contributed by atoms with E-state index in [-0.39, 0.29) is 6.04 Å². The van der Waals surface area contributed by atoms with E-state index in [4.69, 9.17) is 5.73 Å². The van der Waals surface area contributed by atoms with Crippen molar-refractivity contribution in [1.82, 2.24) is 9.59 Å². The van der Waals surface area contributed by atoms with Crippen molar-refractivity contribution in [2.45, 2.75) is 51.5 Å². The molecule has 2 N–H and O–H groups in total. The van der Waals surface area contributed by atoms with Crippen LogP contribution in [0.2, 0.25) is 0 Å². The third-order valence-corrected chi connectivity index (χ3v) is 3.58. The summed E-state index contributed by atoms with van der Waals surface area (Å²) in [5, 5.41) is 4.09. The number of aromatic nitrogens is 2. The highest BCUT2D eigenvalue weighted by atomic mass is 32.1. The number of aryl methyl sites for hydroxylation is 1. The molecule has 0 bridgehead atoms. The van der Waals surface area contributed by atoms with Gasteiger partial charge in [-0.2, -0.15) is 0 Å². The topological polar surface area (TPSA) is 51.8 Å². The molecule has 4 heteroatoms. The smallest absolute Gasteiger partial charge is 0.0800 e. The van der Waals surface area contributed by atoms with E-state index in [9.17, 15) is 0 Å². The van der Waals surface area contributed by atoms with Crippen LogP contribution in [0.15, 0.2) is 12.7 Å². The van der Waals surface area contributed by atoms with Crippen molar-refractivity contribution in [2.75, 3.05) is 0 Å². The Morgan fingerprint density at radius 2 is 2.25 bits per heavy atom. The maximum Gasteiger partial charge on any atom is 0.0800 e. The number of rotatable bonds is 8. The third kappa shape index (κ3) is 4.02. The van der Waals surface area contributed by atoms with E-state index in [0.29, 0.717) is 0 Å². The highest BCUT2D eigenvalue weighted by Crippen LogP contribution is 2.23. The maximum absolute atomic E-state index is 6.14. The van der Waals surface area contributed by atoms with Gasteiger partial charge in [0.05, 0.1) is 10.6 Å². The van der Waals surface area contributed by atoms with Crippen LogP contribution in [-0.4, -0.2) is 9.59 Å². The molecule has 0 aromatic carbocycles. The fourth-order valence-electron chi connectivity index (χ4n) is 1.70. The molecule has 3 nitrogen and oxygen atoms in total. The summed E-state index contributed by atoms with van der Waals surface area (Å²) in [6.45, 7) is 5.81. The van der Waals surface area contributed by atoms with Crippen LogP contribution in [-0.2, 0) is 6.42 Å². The van der Waals surface area contributed by atoms with Crippen molar-refractivity contribution in [3.8, 4) is 0 Å². The van der Waals surface area contributed by atoms with E-state index >= 15 is 0 Å². The van der Waals surface area contributed by atoms with Crippen molar-refractivity contribution in [2.24, 2.45) is 5.73 Å². The highest BCUT2D eigenvalue weighted by Gasteiger charge is 2.13. The maximum atomic E-state index is 6.14. The van der Waals surface area contributed by atoms with Gasteiger partial charge in [-0.05, 0) is 37.2 Å². The molecule has 0 spiro atoms. The fraction of sp³-hybridized carbons (Fsp3) is 0.667. The Labute approximate surface area is 102 Å². The van der Waals surface area contributed by atoms with Gasteiger partial charge in [0, 0.05) is 6.04 Å². The summed E-state index contributed by atoms with van der Waals surface area (Å²) in [6.07, 6.45) is 8.67. The average molecular weight is 239 g/mol. The van der Waals surface area contributed by atoms with Gasteiger partial charge in [0.1, 0.15) is 0 Å². The van der Waals surface area contributed by atoms with Gasteiger partial charge >= 0.3 is 0 Å². The minimum absolute atomic E-state index is 0.124. The van der Waals surface area contributed by atoms with Crippen LogP contribution in [0.5, 0.6) is 0 Å². The van der Waals surface area contributed by atoms with Crippen LogP contribution in [0.1, 0.15) is 55.6 Å². The zero-order chi connectivity index (χ0) is 11.8. The predicted molar refractivity (Wildman–Crippen MR) is 69.5 cm³/mol. The van der Waals surface area contributed by atoms with Gasteiger partial charge in [0.25, 0.3) is 0 Å².